The number of ether oxygens (including phenoxy) is 2. The number of hydrogen-bond donors (Lipinski definition) is 2. The Morgan fingerprint density at radius 2 is 2.52 bits per heavy atom. The van der Waals surface area contributed by atoms with Crippen molar-refractivity contribution in [1.82, 2.24) is 15.1 Å². The van der Waals surface area contributed by atoms with Crippen LogP contribution >= 0.6 is 0 Å². The highest BCUT2D eigenvalue weighted by molar-refractivity contribution is 5.91. The lowest BCUT2D eigenvalue weighted by atomic mass is 10.0. The van der Waals surface area contributed by atoms with E-state index < -0.39 is 0 Å². The summed E-state index contributed by atoms with van der Waals surface area (Å²) in [5.41, 5.74) is 0.486. The summed E-state index contributed by atoms with van der Waals surface area (Å²) >= 11 is 0. The lowest BCUT2D eigenvalue weighted by Crippen LogP contribution is -2.59. The lowest BCUT2D eigenvalue weighted by molar-refractivity contribution is -0.130. The zero-order valence-electron chi connectivity index (χ0n) is 12.3. The Morgan fingerprint density at radius 1 is 1.67 bits per heavy atom. The van der Waals surface area contributed by atoms with Crippen molar-refractivity contribution in [2.75, 3.05) is 31.6 Å². The van der Waals surface area contributed by atoms with Gasteiger partial charge in [0.2, 0.25) is 5.91 Å². The molecule has 2 aliphatic heterocycles. The summed E-state index contributed by atoms with van der Waals surface area (Å²) < 4.78 is 13.0. The van der Waals surface area contributed by atoms with Crippen molar-refractivity contribution < 1.29 is 14.3 Å². The van der Waals surface area contributed by atoms with Crippen molar-refractivity contribution in [3.05, 3.63) is 12.4 Å². The fourth-order valence-electron chi connectivity index (χ4n) is 2.54. The molecule has 1 amide bonds. The summed E-state index contributed by atoms with van der Waals surface area (Å²) in [6, 6.07) is 0. The van der Waals surface area contributed by atoms with Crippen molar-refractivity contribution >= 4 is 11.6 Å². The molecule has 0 saturated carbocycles. The van der Waals surface area contributed by atoms with Crippen LogP contribution in [0.4, 0.5) is 5.69 Å². The number of carbonyl (C=O) groups excluding carboxylic acids is 1. The molecule has 0 bridgehead atoms. The predicted octanol–water partition coefficient (Wildman–Crippen LogP) is 0.379. The van der Waals surface area contributed by atoms with Gasteiger partial charge in [-0.2, -0.15) is 5.10 Å². The Labute approximate surface area is 124 Å². The predicted molar refractivity (Wildman–Crippen MR) is 77.1 cm³/mol. The maximum Gasteiger partial charge on any atom is 0.250 e. The number of aromatic nitrogens is 2. The van der Waals surface area contributed by atoms with Crippen LogP contribution in [-0.4, -0.2) is 53.7 Å². The van der Waals surface area contributed by atoms with E-state index in [9.17, 15) is 4.79 Å². The molecule has 2 fully saturated rings. The van der Waals surface area contributed by atoms with Crippen LogP contribution < -0.4 is 10.6 Å². The standard InChI is InChI=1S/C14H22N4O3/c1-14(9-15-10-14)21-8-13(19)17-11-5-16-18(6-11)7-12-3-2-4-20-12/h5-6,12,15H,2-4,7-10H2,1H3,(H,17,19). The Kier molecular flexibility index (Phi) is 4.23. The quantitative estimate of drug-likeness (QED) is 0.793. The maximum atomic E-state index is 11.8. The smallest absolute Gasteiger partial charge is 0.250 e. The minimum atomic E-state index is -0.207. The molecule has 1 atom stereocenters. The largest absolute Gasteiger partial charge is 0.376 e. The zero-order valence-corrected chi connectivity index (χ0v) is 12.3. The molecule has 1 aromatic heterocycles. The Bertz CT molecular complexity index is 492. The van der Waals surface area contributed by atoms with Crippen LogP contribution in [-0.2, 0) is 20.8 Å². The Balaban J connectivity index is 1.43. The molecular formula is C14H22N4O3. The average Bonchev–Trinajstić information content (AvgIpc) is 3.07. The molecule has 0 aliphatic carbocycles. The van der Waals surface area contributed by atoms with Gasteiger partial charge < -0.3 is 20.1 Å². The third-order valence-corrected chi connectivity index (χ3v) is 3.88. The summed E-state index contributed by atoms with van der Waals surface area (Å²) in [4.78, 5) is 11.8. The van der Waals surface area contributed by atoms with Gasteiger partial charge in [0.05, 0.1) is 30.1 Å². The van der Waals surface area contributed by atoms with E-state index in [1.165, 1.54) is 0 Å². The summed E-state index contributed by atoms with van der Waals surface area (Å²) in [6.45, 7) is 5.21. The second-order valence-electron chi connectivity index (χ2n) is 5.98. The van der Waals surface area contributed by atoms with Gasteiger partial charge in [-0.15, -0.1) is 0 Å². The Morgan fingerprint density at radius 3 is 3.19 bits per heavy atom. The molecule has 2 saturated heterocycles. The molecule has 21 heavy (non-hydrogen) atoms. The molecule has 1 aromatic rings. The van der Waals surface area contributed by atoms with Gasteiger partial charge >= 0.3 is 0 Å². The van der Waals surface area contributed by atoms with Crippen LogP contribution in [0.5, 0.6) is 0 Å². The van der Waals surface area contributed by atoms with Crippen LogP contribution in [0.1, 0.15) is 19.8 Å². The van der Waals surface area contributed by atoms with Gasteiger partial charge in [-0.3, -0.25) is 9.48 Å². The third-order valence-electron chi connectivity index (χ3n) is 3.88. The number of carbonyl (C=O) groups is 1. The molecule has 0 aromatic carbocycles. The first kappa shape index (κ1) is 14.5. The average molecular weight is 294 g/mol. The number of amides is 1. The summed E-state index contributed by atoms with van der Waals surface area (Å²) in [5, 5.41) is 10.2. The lowest BCUT2D eigenvalue weighted by Gasteiger charge is -2.38. The molecule has 2 N–H and O–H groups in total. The molecule has 3 heterocycles. The van der Waals surface area contributed by atoms with E-state index in [4.69, 9.17) is 9.47 Å². The SMILES string of the molecule is CC1(OCC(=O)Nc2cnn(CC3CCCO3)c2)CNC1. The molecule has 116 valence electrons. The molecule has 3 rings (SSSR count). The van der Waals surface area contributed by atoms with Gasteiger partial charge in [-0.1, -0.05) is 0 Å². The minimum Gasteiger partial charge on any atom is -0.376 e. The number of nitrogens with zero attached hydrogens (tertiary/aromatic N) is 2. The molecule has 0 radical (unpaired) electrons. The molecule has 0 spiro atoms. The molecular weight excluding hydrogens is 272 g/mol. The summed E-state index contributed by atoms with van der Waals surface area (Å²) in [6.07, 6.45) is 5.90. The van der Waals surface area contributed by atoms with Crippen molar-refractivity contribution in [2.24, 2.45) is 0 Å². The van der Waals surface area contributed by atoms with E-state index >= 15 is 0 Å². The van der Waals surface area contributed by atoms with Crippen molar-refractivity contribution in [3.63, 3.8) is 0 Å². The number of rotatable bonds is 6. The van der Waals surface area contributed by atoms with Gasteiger partial charge in [0, 0.05) is 25.9 Å². The molecule has 2 aliphatic rings. The van der Waals surface area contributed by atoms with E-state index in [-0.39, 0.29) is 24.2 Å². The second kappa shape index (κ2) is 6.13. The second-order valence-corrected chi connectivity index (χ2v) is 5.98. The van der Waals surface area contributed by atoms with Crippen molar-refractivity contribution in [1.29, 1.82) is 0 Å². The van der Waals surface area contributed by atoms with Crippen LogP contribution in [0.2, 0.25) is 0 Å². The Hall–Kier alpha value is -1.44. The van der Waals surface area contributed by atoms with Gasteiger partial charge in [0.1, 0.15) is 6.61 Å². The van der Waals surface area contributed by atoms with Crippen molar-refractivity contribution in [3.8, 4) is 0 Å². The van der Waals surface area contributed by atoms with E-state index in [2.05, 4.69) is 15.7 Å². The number of hydrogen-bond acceptors (Lipinski definition) is 5. The van der Waals surface area contributed by atoms with Gasteiger partial charge in [-0.25, -0.2) is 0 Å². The van der Waals surface area contributed by atoms with Crippen molar-refractivity contribution in [2.45, 2.75) is 38.0 Å². The number of anilines is 1. The van der Waals surface area contributed by atoms with E-state index in [0.717, 1.165) is 39.1 Å². The van der Waals surface area contributed by atoms with E-state index in [0.29, 0.717) is 5.69 Å². The fourth-order valence-corrected chi connectivity index (χ4v) is 2.54. The normalized spacial score (nSPS) is 23.8. The van der Waals surface area contributed by atoms with Crippen LogP contribution in [0.25, 0.3) is 0 Å². The first-order valence-electron chi connectivity index (χ1n) is 7.42. The summed E-state index contributed by atoms with van der Waals surface area (Å²) in [7, 11) is 0. The van der Waals surface area contributed by atoms with Crippen LogP contribution in [0.15, 0.2) is 12.4 Å². The minimum absolute atomic E-state index is 0.0646. The van der Waals surface area contributed by atoms with Gasteiger partial charge in [0.15, 0.2) is 0 Å². The first-order valence-corrected chi connectivity index (χ1v) is 7.42. The van der Waals surface area contributed by atoms with Crippen LogP contribution in [0, 0.1) is 0 Å². The first-order chi connectivity index (χ1) is 10.1. The van der Waals surface area contributed by atoms with Gasteiger partial charge in [-0.05, 0) is 19.8 Å². The number of nitrogens with one attached hydrogen (secondary N) is 2. The van der Waals surface area contributed by atoms with E-state index in [1.54, 1.807) is 6.20 Å². The highest BCUT2D eigenvalue weighted by Crippen LogP contribution is 2.16. The highest BCUT2D eigenvalue weighted by atomic mass is 16.5. The zero-order chi connectivity index (χ0) is 14.7. The van der Waals surface area contributed by atoms with Gasteiger partial charge in [0.25, 0.3) is 0 Å². The van der Waals surface area contributed by atoms with Crippen LogP contribution in [0.3, 0.4) is 0 Å². The topological polar surface area (TPSA) is 77.4 Å². The monoisotopic (exact) mass is 294 g/mol. The molecule has 7 nitrogen and oxygen atoms in total. The highest BCUT2D eigenvalue weighted by Gasteiger charge is 2.33. The molecule has 1 unspecified atom stereocenters. The van der Waals surface area contributed by atoms with E-state index in [1.807, 2.05) is 17.8 Å². The summed E-state index contributed by atoms with van der Waals surface area (Å²) in [5.74, 6) is -0.153. The fraction of sp³-hybridized carbons (Fsp3) is 0.714. The molecule has 7 heteroatoms. The maximum absolute atomic E-state index is 11.8. The third kappa shape index (κ3) is 3.81.